The molecular weight excluding hydrogens is 460 g/mol. The zero-order valence-electron chi connectivity index (χ0n) is 23.7. The summed E-state index contributed by atoms with van der Waals surface area (Å²) in [6.45, 7) is 24.1. The maximum Gasteiger partial charge on any atom is 0.0692 e. The average Bonchev–Trinajstić information content (AvgIpc) is 3.02. The molecule has 0 aliphatic carbocycles. The standard InChI is InChI=1S/C32H47NP2/c1-11-24-18-27-26(14-13-15-30(27)35(22(7)8)23(9)10)31-28-19-25(34(20(3)4)21(5)6)16-17-29(28)32(24,12-2)33-31/h13-24,33H,11-12H2,1-10H3. The lowest BCUT2D eigenvalue weighted by Gasteiger charge is -2.36. The van der Waals surface area contributed by atoms with Crippen LogP contribution in [-0.2, 0) is 5.54 Å². The van der Waals surface area contributed by atoms with E-state index in [9.17, 15) is 0 Å². The molecule has 2 aromatic rings. The molecule has 4 rings (SSSR count). The van der Waals surface area contributed by atoms with Crippen molar-refractivity contribution in [3.8, 4) is 0 Å². The first-order chi connectivity index (χ1) is 16.6. The van der Waals surface area contributed by atoms with E-state index in [1.54, 1.807) is 10.6 Å². The monoisotopic (exact) mass is 507 g/mol. The quantitative estimate of drug-likeness (QED) is 0.391. The summed E-state index contributed by atoms with van der Waals surface area (Å²) in [7, 11) is -0.412. The van der Waals surface area contributed by atoms with E-state index in [1.165, 1.54) is 27.3 Å². The van der Waals surface area contributed by atoms with E-state index in [4.69, 9.17) is 0 Å². The van der Waals surface area contributed by atoms with Crippen molar-refractivity contribution in [2.45, 2.75) is 110 Å². The normalized spacial score (nSPS) is 21.1. The zero-order valence-corrected chi connectivity index (χ0v) is 25.5. The van der Waals surface area contributed by atoms with Crippen molar-refractivity contribution in [1.82, 2.24) is 5.32 Å². The lowest BCUT2D eigenvalue weighted by molar-refractivity contribution is 0.292. The Labute approximate surface area is 217 Å². The molecule has 0 saturated carbocycles. The maximum absolute atomic E-state index is 4.19. The van der Waals surface area contributed by atoms with Gasteiger partial charge in [-0.3, -0.25) is 0 Å². The minimum atomic E-state index is -0.225. The van der Waals surface area contributed by atoms with Gasteiger partial charge in [0, 0.05) is 16.7 Å². The second-order valence-electron chi connectivity index (χ2n) is 11.7. The molecule has 1 nitrogen and oxygen atoms in total. The first-order valence-electron chi connectivity index (χ1n) is 13.9. The Bertz CT molecular complexity index is 1180. The summed E-state index contributed by atoms with van der Waals surface area (Å²) in [5, 5.41) is 10.3. The molecule has 0 amide bonds. The molecular formula is C32H47NP2. The van der Waals surface area contributed by atoms with Gasteiger partial charge in [0.2, 0.25) is 0 Å². The van der Waals surface area contributed by atoms with E-state index < -0.39 is 0 Å². The summed E-state index contributed by atoms with van der Waals surface area (Å²) in [6.07, 6.45) is 4.92. The summed E-state index contributed by atoms with van der Waals surface area (Å²) in [6, 6.07) is 14.7. The van der Waals surface area contributed by atoms with Crippen LogP contribution in [0.25, 0.3) is 11.8 Å². The molecule has 2 aromatic carbocycles. The first-order valence-corrected chi connectivity index (χ1v) is 16.9. The highest BCUT2D eigenvalue weighted by molar-refractivity contribution is 7.67. The average molecular weight is 508 g/mol. The molecule has 2 bridgehead atoms. The molecule has 2 unspecified atom stereocenters. The van der Waals surface area contributed by atoms with Crippen molar-refractivity contribution < 1.29 is 0 Å². The number of nitrogens with one attached hydrogen (secondary N) is 1. The van der Waals surface area contributed by atoms with Crippen molar-refractivity contribution in [3.63, 3.8) is 0 Å². The van der Waals surface area contributed by atoms with E-state index in [-0.39, 0.29) is 21.4 Å². The Morgan fingerprint density at radius 3 is 2.00 bits per heavy atom. The number of hydrogen-bond donors (Lipinski definition) is 1. The van der Waals surface area contributed by atoms with E-state index in [0.29, 0.717) is 28.6 Å². The second-order valence-corrected chi connectivity index (χ2v) is 18.4. The fourth-order valence-electron chi connectivity index (χ4n) is 7.02. The van der Waals surface area contributed by atoms with Gasteiger partial charge in [-0.2, -0.15) is 0 Å². The molecule has 2 aliphatic rings. The van der Waals surface area contributed by atoms with Crippen LogP contribution in [0.3, 0.4) is 0 Å². The Kier molecular flexibility index (Phi) is 7.92. The fraction of sp³-hybridized carbons (Fsp3) is 0.562. The van der Waals surface area contributed by atoms with Crippen LogP contribution >= 0.6 is 15.8 Å². The third-order valence-electron chi connectivity index (χ3n) is 8.25. The highest BCUT2D eigenvalue weighted by Crippen LogP contribution is 2.50. The zero-order chi connectivity index (χ0) is 25.7. The van der Waals surface area contributed by atoms with Crippen LogP contribution in [0.4, 0.5) is 0 Å². The number of fused-ring (bicyclic) bond motifs is 6. The molecule has 2 aliphatic heterocycles. The van der Waals surface area contributed by atoms with Gasteiger partial charge in [0.1, 0.15) is 0 Å². The van der Waals surface area contributed by atoms with Gasteiger partial charge in [0.05, 0.1) is 11.2 Å². The number of hydrogen-bond acceptors (Lipinski definition) is 1. The fourth-order valence-corrected chi connectivity index (χ4v) is 13.0. The van der Waals surface area contributed by atoms with E-state index in [2.05, 4.69) is 117 Å². The van der Waals surface area contributed by atoms with Crippen LogP contribution in [-0.4, -0.2) is 22.6 Å². The van der Waals surface area contributed by atoms with Gasteiger partial charge in [-0.05, 0) is 62.9 Å². The molecule has 2 heterocycles. The van der Waals surface area contributed by atoms with Crippen LogP contribution in [0, 0.1) is 5.92 Å². The van der Waals surface area contributed by atoms with Crippen LogP contribution in [0.1, 0.15) is 93.2 Å². The van der Waals surface area contributed by atoms with Crippen LogP contribution < -0.4 is 26.4 Å². The molecule has 1 N–H and O–H groups in total. The number of benzene rings is 2. The topological polar surface area (TPSA) is 12.0 Å². The SMILES string of the molecule is CCC1C=c2c(P(C(C)C)C(C)C)cccc2=C2NC1(CC)c1ccc(P(C(C)C)C(C)C)cc12. The Morgan fingerprint density at radius 1 is 0.829 bits per heavy atom. The van der Waals surface area contributed by atoms with Gasteiger partial charge in [0.25, 0.3) is 0 Å². The van der Waals surface area contributed by atoms with E-state index in [0.717, 1.165) is 12.8 Å². The molecule has 2 atom stereocenters. The second kappa shape index (κ2) is 10.3. The van der Waals surface area contributed by atoms with Gasteiger partial charge >= 0.3 is 0 Å². The highest BCUT2D eigenvalue weighted by atomic mass is 31.1. The molecule has 0 spiro atoms. The molecule has 0 radical (unpaired) electrons. The Morgan fingerprint density at radius 2 is 1.46 bits per heavy atom. The highest BCUT2D eigenvalue weighted by Gasteiger charge is 2.46. The van der Waals surface area contributed by atoms with Crippen molar-refractivity contribution >= 4 is 38.2 Å². The van der Waals surface area contributed by atoms with Gasteiger partial charge in [0.15, 0.2) is 0 Å². The summed E-state index contributed by atoms with van der Waals surface area (Å²) in [5.74, 6) is 0.477. The van der Waals surface area contributed by atoms with Gasteiger partial charge in [-0.1, -0.05) is 121 Å². The van der Waals surface area contributed by atoms with Gasteiger partial charge in [-0.25, -0.2) is 0 Å². The van der Waals surface area contributed by atoms with Crippen molar-refractivity contribution in [3.05, 3.63) is 58.0 Å². The minimum Gasteiger partial charge on any atom is -0.374 e. The van der Waals surface area contributed by atoms with Gasteiger partial charge in [-0.15, -0.1) is 0 Å². The van der Waals surface area contributed by atoms with Crippen LogP contribution in [0.2, 0.25) is 0 Å². The van der Waals surface area contributed by atoms with Crippen LogP contribution in [0.15, 0.2) is 36.4 Å². The summed E-state index contributed by atoms with van der Waals surface area (Å²) in [4.78, 5) is 0. The Balaban J connectivity index is 2.09. The molecule has 0 saturated heterocycles. The number of rotatable bonds is 8. The third-order valence-corrected chi connectivity index (χ3v) is 14.5. The van der Waals surface area contributed by atoms with Crippen molar-refractivity contribution in [1.29, 1.82) is 0 Å². The third kappa shape index (κ3) is 4.44. The van der Waals surface area contributed by atoms with E-state index >= 15 is 0 Å². The predicted molar refractivity (Wildman–Crippen MR) is 162 cm³/mol. The molecule has 3 heteroatoms. The maximum atomic E-state index is 4.19. The summed E-state index contributed by atoms with van der Waals surface area (Å²) in [5.41, 5.74) is 7.13. The first kappa shape index (κ1) is 26.9. The largest absolute Gasteiger partial charge is 0.374 e. The molecule has 35 heavy (non-hydrogen) atoms. The molecule has 0 aromatic heterocycles. The molecule has 0 fully saturated rings. The summed E-state index contributed by atoms with van der Waals surface area (Å²) < 4.78 is 0. The van der Waals surface area contributed by atoms with Crippen LogP contribution in [0.5, 0.6) is 0 Å². The predicted octanol–water partition coefficient (Wildman–Crippen LogP) is 6.72. The lowest BCUT2D eigenvalue weighted by Crippen LogP contribution is -2.42. The van der Waals surface area contributed by atoms with Gasteiger partial charge < -0.3 is 5.32 Å². The van der Waals surface area contributed by atoms with Crippen molar-refractivity contribution in [2.75, 3.05) is 0 Å². The lowest BCUT2D eigenvalue weighted by atomic mass is 9.75. The molecule has 190 valence electrons. The van der Waals surface area contributed by atoms with E-state index in [1.807, 2.05) is 0 Å². The van der Waals surface area contributed by atoms with Crippen molar-refractivity contribution in [2.24, 2.45) is 5.92 Å². The Hall–Kier alpha value is -1.16. The smallest absolute Gasteiger partial charge is 0.0692 e. The minimum absolute atomic E-state index is 0.00886. The summed E-state index contributed by atoms with van der Waals surface area (Å²) >= 11 is 0.